The van der Waals surface area contributed by atoms with Gasteiger partial charge in [-0.25, -0.2) is 22.0 Å². The van der Waals surface area contributed by atoms with Gasteiger partial charge in [0.25, 0.3) is 5.56 Å². The lowest BCUT2D eigenvalue weighted by molar-refractivity contribution is 0.439. The number of sulfonamides is 1. The predicted octanol–water partition coefficient (Wildman–Crippen LogP) is 3.32. The van der Waals surface area contributed by atoms with E-state index < -0.39 is 33.0 Å². The highest BCUT2D eigenvalue weighted by Gasteiger charge is 2.20. The normalized spacial score (nSPS) is 11.6. The van der Waals surface area contributed by atoms with E-state index in [-0.39, 0.29) is 45.2 Å². The fraction of sp³-hybridized carbons (Fsp3) is 0.143. The number of anilines is 1. The first kappa shape index (κ1) is 22.3. The molecule has 0 aliphatic rings. The molecule has 4 rings (SSSR count). The van der Waals surface area contributed by atoms with Crippen molar-refractivity contribution in [2.24, 2.45) is 7.05 Å². The van der Waals surface area contributed by atoms with E-state index in [2.05, 4.69) is 9.71 Å². The van der Waals surface area contributed by atoms with Gasteiger partial charge in [0.2, 0.25) is 15.6 Å². The molecule has 0 atom stereocenters. The molecule has 2 heterocycles. The van der Waals surface area contributed by atoms with Crippen molar-refractivity contribution in [2.45, 2.75) is 6.92 Å². The van der Waals surface area contributed by atoms with Crippen LogP contribution in [0.25, 0.3) is 22.2 Å². The van der Waals surface area contributed by atoms with E-state index in [0.29, 0.717) is 6.07 Å². The van der Waals surface area contributed by atoms with Crippen molar-refractivity contribution in [3.05, 3.63) is 75.1 Å². The Hall–Kier alpha value is -3.93. The Morgan fingerprint density at radius 2 is 1.82 bits per heavy atom. The van der Waals surface area contributed by atoms with Gasteiger partial charge in [0, 0.05) is 36.1 Å². The first-order chi connectivity index (χ1) is 15.6. The van der Waals surface area contributed by atoms with E-state index in [9.17, 15) is 26.8 Å². The molecule has 2 N–H and O–H groups in total. The SMILES string of the molecule is CCS(=O)(=O)Nc1ccc(Oc2ccc(F)cc2F)c(-c2cn(C)c(=O)c3oc(=O)[nH]c23)c1. The van der Waals surface area contributed by atoms with Gasteiger partial charge in [0.1, 0.15) is 17.1 Å². The van der Waals surface area contributed by atoms with Crippen molar-refractivity contribution in [1.82, 2.24) is 9.55 Å². The molecule has 172 valence electrons. The zero-order valence-corrected chi connectivity index (χ0v) is 18.1. The maximum Gasteiger partial charge on any atom is 0.417 e. The molecule has 0 radical (unpaired) electrons. The average Bonchev–Trinajstić information content (AvgIpc) is 3.15. The summed E-state index contributed by atoms with van der Waals surface area (Å²) in [4.78, 5) is 26.6. The Morgan fingerprint density at radius 1 is 1.09 bits per heavy atom. The minimum atomic E-state index is -3.63. The predicted molar refractivity (Wildman–Crippen MR) is 117 cm³/mol. The zero-order chi connectivity index (χ0) is 23.9. The van der Waals surface area contributed by atoms with Gasteiger partial charge in [-0.2, -0.15) is 0 Å². The molecule has 0 unspecified atom stereocenters. The maximum atomic E-state index is 14.2. The molecule has 12 heteroatoms. The number of nitrogens with one attached hydrogen (secondary N) is 2. The van der Waals surface area contributed by atoms with Crippen LogP contribution in [0, 0.1) is 11.6 Å². The summed E-state index contributed by atoms with van der Waals surface area (Å²) in [5, 5.41) is 0. The molecule has 0 saturated carbocycles. The number of halogens is 2. The number of H-pyrrole nitrogens is 1. The van der Waals surface area contributed by atoms with Gasteiger partial charge in [-0.15, -0.1) is 0 Å². The lowest BCUT2D eigenvalue weighted by Crippen LogP contribution is -2.16. The summed E-state index contributed by atoms with van der Waals surface area (Å²) < 4.78 is 65.8. The minimum Gasteiger partial charge on any atom is -0.454 e. The minimum absolute atomic E-state index is 0.0435. The number of nitrogens with zero attached hydrogens (tertiary/aromatic N) is 1. The smallest absolute Gasteiger partial charge is 0.417 e. The number of aryl methyl sites for hydroxylation is 1. The van der Waals surface area contributed by atoms with Crippen molar-refractivity contribution in [3.8, 4) is 22.6 Å². The maximum absolute atomic E-state index is 14.2. The van der Waals surface area contributed by atoms with E-state index in [1.165, 1.54) is 42.9 Å². The lowest BCUT2D eigenvalue weighted by atomic mass is 10.0. The second kappa shape index (κ2) is 8.20. The Morgan fingerprint density at radius 3 is 2.52 bits per heavy atom. The van der Waals surface area contributed by atoms with E-state index in [1.54, 1.807) is 0 Å². The molecule has 0 spiro atoms. The van der Waals surface area contributed by atoms with E-state index >= 15 is 0 Å². The van der Waals surface area contributed by atoms with Crippen LogP contribution in [0.3, 0.4) is 0 Å². The highest BCUT2D eigenvalue weighted by atomic mass is 32.2. The summed E-state index contributed by atoms with van der Waals surface area (Å²) in [6.07, 6.45) is 1.39. The standard InChI is InChI=1S/C21H17F2N3O6S/c1-3-33(29,30)25-12-5-7-16(31-17-6-4-11(22)8-15(17)23)13(9-12)14-10-26(2)20(27)19-18(14)24-21(28)32-19/h4-10,25H,3H2,1-2H3,(H,24,28). The number of aromatic nitrogens is 2. The molecule has 0 aliphatic heterocycles. The number of fused-ring (bicyclic) bond motifs is 1. The number of ether oxygens (including phenoxy) is 1. The number of rotatable bonds is 6. The number of benzene rings is 2. The molecule has 0 saturated heterocycles. The van der Waals surface area contributed by atoms with E-state index in [4.69, 9.17) is 9.15 Å². The van der Waals surface area contributed by atoms with Crippen LogP contribution in [0.4, 0.5) is 14.5 Å². The molecule has 0 bridgehead atoms. The third-order valence-corrected chi connectivity index (χ3v) is 6.10. The van der Waals surface area contributed by atoms with Crippen LogP contribution >= 0.6 is 0 Å². The highest BCUT2D eigenvalue weighted by Crippen LogP contribution is 2.38. The van der Waals surface area contributed by atoms with Gasteiger partial charge in [0.05, 0.1) is 5.75 Å². The first-order valence-electron chi connectivity index (χ1n) is 9.58. The van der Waals surface area contributed by atoms with Gasteiger partial charge in [0.15, 0.2) is 11.6 Å². The molecule has 2 aromatic heterocycles. The molecule has 4 aromatic rings. The van der Waals surface area contributed by atoms with Crippen LogP contribution in [0.5, 0.6) is 11.5 Å². The number of aromatic amines is 1. The summed E-state index contributed by atoms with van der Waals surface area (Å²) in [5.74, 6) is -3.05. The number of pyridine rings is 1. The topological polar surface area (TPSA) is 123 Å². The second-order valence-electron chi connectivity index (χ2n) is 7.07. The summed E-state index contributed by atoms with van der Waals surface area (Å²) in [6.45, 7) is 1.46. The number of hydrogen-bond donors (Lipinski definition) is 2. The lowest BCUT2D eigenvalue weighted by Gasteiger charge is -2.15. The molecular weight excluding hydrogens is 460 g/mol. The molecule has 0 fully saturated rings. The molecule has 2 aromatic carbocycles. The first-order valence-corrected chi connectivity index (χ1v) is 11.2. The summed E-state index contributed by atoms with van der Waals surface area (Å²) >= 11 is 0. The largest absolute Gasteiger partial charge is 0.454 e. The van der Waals surface area contributed by atoms with Crippen molar-refractivity contribution in [2.75, 3.05) is 10.5 Å². The van der Waals surface area contributed by atoms with Crippen molar-refractivity contribution >= 4 is 26.8 Å². The van der Waals surface area contributed by atoms with E-state index in [1.807, 2.05) is 0 Å². The Bertz CT molecular complexity index is 1600. The molecule has 33 heavy (non-hydrogen) atoms. The highest BCUT2D eigenvalue weighted by molar-refractivity contribution is 7.92. The number of oxazole rings is 1. The van der Waals surface area contributed by atoms with Crippen LogP contribution in [-0.4, -0.2) is 23.7 Å². The molecular formula is C21H17F2N3O6S. The second-order valence-corrected chi connectivity index (χ2v) is 9.08. The third-order valence-electron chi connectivity index (χ3n) is 4.79. The van der Waals surface area contributed by atoms with Crippen LogP contribution in [0.15, 0.2) is 56.6 Å². The Kier molecular flexibility index (Phi) is 5.54. The van der Waals surface area contributed by atoms with Gasteiger partial charge in [-0.05, 0) is 37.3 Å². The van der Waals surface area contributed by atoms with Crippen LogP contribution in [-0.2, 0) is 17.1 Å². The van der Waals surface area contributed by atoms with Gasteiger partial charge in [-0.3, -0.25) is 14.5 Å². The van der Waals surface area contributed by atoms with Crippen LogP contribution < -0.4 is 20.8 Å². The van der Waals surface area contributed by atoms with Gasteiger partial charge >= 0.3 is 5.76 Å². The molecule has 0 amide bonds. The summed E-state index contributed by atoms with van der Waals surface area (Å²) in [6, 6.07) is 6.93. The van der Waals surface area contributed by atoms with E-state index in [0.717, 1.165) is 12.1 Å². The zero-order valence-electron chi connectivity index (χ0n) is 17.3. The van der Waals surface area contributed by atoms with Crippen molar-refractivity contribution < 1.29 is 26.4 Å². The average molecular weight is 477 g/mol. The van der Waals surface area contributed by atoms with Crippen molar-refractivity contribution in [3.63, 3.8) is 0 Å². The van der Waals surface area contributed by atoms with Crippen LogP contribution in [0.1, 0.15) is 6.92 Å². The monoisotopic (exact) mass is 477 g/mol. The van der Waals surface area contributed by atoms with Gasteiger partial charge in [-0.1, -0.05) is 0 Å². The number of hydrogen-bond acceptors (Lipinski definition) is 6. The molecule has 9 nitrogen and oxygen atoms in total. The van der Waals surface area contributed by atoms with Crippen LogP contribution in [0.2, 0.25) is 0 Å². The summed E-state index contributed by atoms with van der Waals surface area (Å²) in [7, 11) is -2.20. The Labute approximate surface area is 185 Å². The molecule has 0 aliphatic carbocycles. The fourth-order valence-corrected chi connectivity index (χ4v) is 3.80. The fourth-order valence-electron chi connectivity index (χ4n) is 3.17. The third kappa shape index (κ3) is 4.37. The Balaban J connectivity index is 1.96. The summed E-state index contributed by atoms with van der Waals surface area (Å²) in [5.41, 5.74) is -0.184. The van der Waals surface area contributed by atoms with Gasteiger partial charge < -0.3 is 13.7 Å². The van der Waals surface area contributed by atoms with Crippen molar-refractivity contribution in [1.29, 1.82) is 0 Å². The quantitative estimate of drug-likeness (QED) is 0.439.